The molecule has 6 nitrogen and oxygen atoms in total. The van der Waals surface area contributed by atoms with Crippen LogP contribution in [0.15, 0.2) is 30.5 Å². The van der Waals surface area contributed by atoms with Gasteiger partial charge in [0.05, 0.1) is 11.2 Å². The van der Waals surface area contributed by atoms with Crippen LogP contribution in [0.3, 0.4) is 0 Å². The summed E-state index contributed by atoms with van der Waals surface area (Å²) in [5.41, 5.74) is 12.3. The molecule has 0 saturated heterocycles. The quantitative estimate of drug-likeness (QED) is 0.778. The second-order valence-electron chi connectivity index (χ2n) is 7.56. The number of benzene rings is 1. The van der Waals surface area contributed by atoms with E-state index in [1.165, 1.54) is 12.3 Å². The van der Waals surface area contributed by atoms with E-state index in [9.17, 15) is 9.18 Å². The molecule has 1 fully saturated rings. The number of ether oxygens (including phenoxy) is 1. The lowest BCUT2D eigenvalue weighted by Gasteiger charge is -2.24. The monoisotopic (exact) mass is 358 g/mol. The van der Waals surface area contributed by atoms with Gasteiger partial charge in [0.1, 0.15) is 17.2 Å². The Morgan fingerprint density at radius 1 is 1.27 bits per heavy atom. The molecule has 0 radical (unpaired) electrons. The van der Waals surface area contributed by atoms with E-state index >= 15 is 0 Å². The Kier molecular flexibility index (Phi) is 4.26. The molecule has 1 amide bonds. The van der Waals surface area contributed by atoms with E-state index in [1.807, 2.05) is 0 Å². The van der Waals surface area contributed by atoms with Gasteiger partial charge in [-0.3, -0.25) is 0 Å². The molecule has 26 heavy (non-hydrogen) atoms. The molecule has 0 spiro atoms. The van der Waals surface area contributed by atoms with Gasteiger partial charge in [0.2, 0.25) is 0 Å². The summed E-state index contributed by atoms with van der Waals surface area (Å²) in [7, 11) is 0. The standard InChI is InChI=1S/C19H23FN4O2/c1-18(2,3)26-17(25)24-19(7-8-19)13-5-4-11(10-14(13)20)12-6-9-23-16(22)15(12)21/h4-6,9-10H,7-8,21H2,1-3H3,(H2,22,23)(H,24,25). The van der Waals surface area contributed by atoms with E-state index in [0.717, 1.165) is 0 Å². The number of halogens is 1. The molecule has 1 aromatic heterocycles. The van der Waals surface area contributed by atoms with E-state index in [1.54, 1.807) is 39.0 Å². The molecular formula is C19H23FN4O2. The van der Waals surface area contributed by atoms with Gasteiger partial charge in [0.15, 0.2) is 0 Å². The van der Waals surface area contributed by atoms with Crippen molar-refractivity contribution in [3.05, 3.63) is 41.8 Å². The number of hydrogen-bond donors (Lipinski definition) is 3. The number of amides is 1. The first kappa shape index (κ1) is 18.0. The smallest absolute Gasteiger partial charge is 0.408 e. The first-order valence-corrected chi connectivity index (χ1v) is 8.43. The van der Waals surface area contributed by atoms with E-state index < -0.39 is 23.1 Å². The van der Waals surface area contributed by atoms with Crippen molar-refractivity contribution in [3.8, 4) is 11.1 Å². The van der Waals surface area contributed by atoms with Crippen LogP contribution in [0.1, 0.15) is 39.2 Å². The van der Waals surface area contributed by atoms with Gasteiger partial charge in [-0.1, -0.05) is 12.1 Å². The second-order valence-corrected chi connectivity index (χ2v) is 7.56. The van der Waals surface area contributed by atoms with Crippen LogP contribution >= 0.6 is 0 Å². The number of nitrogens with one attached hydrogen (secondary N) is 1. The average molecular weight is 358 g/mol. The van der Waals surface area contributed by atoms with Crippen LogP contribution in [0.25, 0.3) is 11.1 Å². The van der Waals surface area contributed by atoms with Crippen LogP contribution in [0.4, 0.5) is 20.7 Å². The summed E-state index contributed by atoms with van der Waals surface area (Å²) in [6.45, 7) is 5.35. The number of nitrogens with two attached hydrogens (primary N) is 2. The molecule has 1 aromatic carbocycles. The highest BCUT2D eigenvalue weighted by Gasteiger charge is 2.48. The molecule has 2 aromatic rings. The van der Waals surface area contributed by atoms with E-state index in [0.29, 0.717) is 35.2 Å². The number of hydrogen-bond acceptors (Lipinski definition) is 5. The van der Waals surface area contributed by atoms with Crippen molar-refractivity contribution in [2.45, 2.75) is 44.8 Å². The minimum atomic E-state index is -0.715. The third-order valence-electron chi connectivity index (χ3n) is 4.31. The molecule has 138 valence electrons. The fraction of sp³-hybridized carbons (Fsp3) is 0.368. The number of nitrogen functional groups attached to an aromatic ring is 2. The van der Waals surface area contributed by atoms with Crippen LogP contribution in [0, 0.1) is 5.82 Å². The Morgan fingerprint density at radius 2 is 1.96 bits per heavy atom. The molecule has 0 bridgehead atoms. The number of anilines is 2. The van der Waals surface area contributed by atoms with Gasteiger partial charge in [0, 0.05) is 17.3 Å². The molecule has 1 saturated carbocycles. The third-order valence-corrected chi connectivity index (χ3v) is 4.31. The van der Waals surface area contributed by atoms with Crippen LogP contribution in [0.5, 0.6) is 0 Å². The molecular weight excluding hydrogens is 335 g/mol. The minimum Gasteiger partial charge on any atom is -0.444 e. The van der Waals surface area contributed by atoms with Crippen molar-refractivity contribution in [3.63, 3.8) is 0 Å². The van der Waals surface area contributed by atoms with Crippen molar-refractivity contribution in [1.29, 1.82) is 0 Å². The molecule has 0 aliphatic heterocycles. The lowest BCUT2D eigenvalue weighted by Crippen LogP contribution is -2.39. The summed E-state index contributed by atoms with van der Waals surface area (Å²) in [4.78, 5) is 16.0. The van der Waals surface area contributed by atoms with E-state index in [-0.39, 0.29) is 5.82 Å². The SMILES string of the molecule is CC(C)(C)OC(=O)NC1(c2ccc(-c3ccnc(N)c3N)cc2F)CC1. The van der Waals surface area contributed by atoms with Crippen molar-refractivity contribution < 1.29 is 13.9 Å². The third kappa shape index (κ3) is 3.56. The van der Waals surface area contributed by atoms with Gasteiger partial charge < -0.3 is 21.5 Å². The Morgan fingerprint density at radius 3 is 2.54 bits per heavy atom. The Bertz CT molecular complexity index is 857. The first-order valence-electron chi connectivity index (χ1n) is 8.43. The molecule has 3 rings (SSSR count). The normalized spacial score (nSPS) is 15.4. The van der Waals surface area contributed by atoms with Gasteiger partial charge in [-0.25, -0.2) is 14.2 Å². The Hall–Kier alpha value is -2.83. The summed E-state index contributed by atoms with van der Waals surface area (Å²) >= 11 is 0. The van der Waals surface area contributed by atoms with Crippen LogP contribution < -0.4 is 16.8 Å². The maximum Gasteiger partial charge on any atom is 0.408 e. The predicted molar refractivity (Wildman–Crippen MR) is 98.7 cm³/mol. The highest BCUT2D eigenvalue weighted by atomic mass is 19.1. The minimum absolute atomic E-state index is 0.206. The number of nitrogens with zero attached hydrogens (tertiary/aromatic N) is 1. The second kappa shape index (κ2) is 6.16. The number of alkyl carbamates (subject to hydrolysis) is 1. The Balaban J connectivity index is 1.86. The van der Waals surface area contributed by atoms with Crippen LogP contribution in [0.2, 0.25) is 0 Å². The topological polar surface area (TPSA) is 103 Å². The molecule has 5 N–H and O–H groups in total. The zero-order chi connectivity index (χ0) is 19.1. The number of rotatable bonds is 3. The summed E-state index contributed by atoms with van der Waals surface area (Å²) in [5, 5.41) is 2.80. The van der Waals surface area contributed by atoms with Gasteiger partial charge in [-0.05, 0) is 51.3 Å². The number of carbonyl (C=O) groups is 1. The number of aromatic nitrogens is 1. The van der Waals surface area contributed by atoms with E-state index in [4.69, 9.17) is 16.2 Å². The molecule has 1 aliphatic rings. The summed E-state index contributed by atoms with van der Waals surface area (Å²) in [6.07, 6.45) is 2.29. The number of carbonyl (C=O) groups excluding carboxylic acids is 1. The lowest BCUT2D eigenvalue weighted by atomic mass is 9.98. The van der Waals surface area contributed by atoms with Crippen molar-refractivity contribution >= 4 is 17.6 Å². The van der Waals surface area contributed by atoms with Gasteiger partial charge >= 0.3 is 6.09 Å². The highest BCUT2D eigenvalue weighted by Crippen LogP contribution is 2.47. The molecule has 1 heterocycles. The van der Waals surface area contributed by atoms with Gasteiger partial charge in [-0.15, -0.1) is 0 Å². The lowest BCUT2D eigenvalue weighted by molar-refractivity contribution is 0.0494. The van der Waals surface area contributed by atoms with Gasteiger partial charge in [-0.2, -0.15) is 0 Å². The summed E-state index contributed by atoms with van der Waals surface area (Å²) in [6, 6.07) is 6.52. The largest absolute Gasteiger partial charge is 0.444 e. The van der Waals surface area contributed by atoms with Crippen molar-refractivity contribution in [2.24, 2.45) is 0 Å². The zero-order valence-corrected chi connectivity index (χ0v) is 15.1. The Labute approximate surface area is 151 Å². The summed E-state index contributed by atoms with van der Waals surface area (Å²) < 4.78 is 20.1. The fourth-order valence-corrected chi connectivity index (χ4v) is 2.90. The molecule has 1 aliphatic carbocycles. The molecule has 7 heteroatoms. The fourth-order valence-electron chi connectivity index (χ4n) is 2.90. The van der Waals surface area contributed by atoms with Gasteiger partial charge in [0.25, 0.3) is 0 Å². The van der Waals surface area contributed by atoms with Crippen molar-refractivity contribution in [2.75, 3.05) is 11.5 Å². The highest BCUT2D eigenvalue weighted by molar-refractivity contribution is 5.82. The first-order chi connectivity index (χ1) is 12.1. The van der Waals surface area contributed by atoms with E-state index in [2.05, 4.69) is 10.3 Å². The average Bonchev–Trinajstić information content (AvgIpc) is 3.28. The number of pyridine rings is 1. The molecule has 0 atom stereocenters. The predicted octanol–water partition coefficient (Wildman–Crippen LogP) is 3.57. The van der Waals surface area contributed by atoms with Crippen LogP contribution in [-0.2, 0) is 10.3 Å². The maximum atomic E-state index is 14.8. The molecule has 0 unspecified atom stereocenters. The van der Waals surface area contributed by atoms with Crippen molar-refractivity contribution in [1.82, 2.24) is 10.3 Å². The summed E-state index contributed by atoms with van der Waals surface area (Å²) in [5.74, 6) is -0.205. The zero-order valence-electron chi connectivity index (χ0n) is 15.1. The van der Waals surface area contributed by atoms with Crippen LogP contribution in [-0.4, -0.2) is 16.7 Å². The maximum absolute atomic E-state index is 14.8.